The van der Waals surface area contributed by atoms with Crippen LogP contribution < -0.4 is 10.2 Å². The van der Waals surface area contributed by atoms with E-state index in [1.165, 1.54) is 10.5 Å². The number of aryl methyl sites for hydroxylation is 2. The third kappa shape index (κ3) is 4.21. The number of nitrogens with zero attached hydrogens (tertiary/aromatic N) is 2. The van der Waals surface area contributed by atoms with E-state index in [1.807, 2.05) is 56.3 Å². The number of rotatable bonds is 5. The van der Waals surface area contributed by atoms with E-state index in [9.17, 15) is 9.59 Å². The molecule has 3 aromatic rings. The molecule has 0 atom stereocenters. The summed E-state index contributed by atoms with van der Waals surface area (Å²) in [4.78, 5) is 27.6. The van der Waals surface area contributed by atoms with E-state index in [-0.39, 0.29) is 10.7 Å². The van der Waals surface area contributed by atoms with E-state index in [4.69, 9.17) is 12.2 Å². The molecule has 1 fully saturated rings. The lowest BCUT2D eigenvalue weighted by molar-refractivity contribution is -0.122. The number of hydrogen-bond donors (Lipinski definition) is 1. The second-order valence-electron chi connectivity index (χ2n) is 8.85. The number of carbonyl (C=O) groups excluding carboxylic acids is 2. The van der Waals surface area contributed by atoms with Gasteiger partial charge >= 0.3 is 0 Å². The molecule has 2 amide bonds. The van der Waals surface area contributed by atoms with Crippen LogP contribution in [-0.2, 0) is 16.0 Å². The Bertz CT molecular complexity index is 1320. The van der Waals surface area contributed by atoms with Crippen LogP contribution in [0, 0.1) is 13.8 Å². The Hall–Kier alpha value is -3.51. The third-order valence-electron chi connectivity index (χ3n) is 6.27. The van der Waals surface area contributed by atoms with Crippen LogP contribution >= 0.6 is 12.2 Å². The Labute approximate surface area is 206 Å². The predicted octanol–water partition coefficient (Wildman–Crippen LogP) is 5.61. The average Bonchev–Trinajstić information content (AvgIpc) is 3.09. The van der Waals surface area contributed by atoms with E-state index >= 15 is 0 Å². The van der Waals surface area contributed by atoms with Crippen molar-refractivity contribution in [2.75, 3.05) is 4.90 Å². The summed E-state index contributed by atoms with van der Waals surface area (Å²) in [6, 6.07) is 18.0. The molecule has 34 heavy (non-hydrogen) atoms. The van der Waals surface area contributed by atoms with E-state index in [2.05, 4.69) is 42.8 Å². The first kappa shape index (κ1) is 23.6. The van der Waals surface area contributed by atoms with Crippen LogP contribution in [0.2, 0.25) is 0 Å². The summed E-state index contributed by atoms with van der Waals surface area (Å²) in [5.41, 5.74) is 7.02. The number of anilines is 1. The molecule has 6 heteroatoms. The van der Waals surface area contributed by atoms with Crippen LogP contribution in [0.15, 0.2) is 60.2 Å². The van der Waals surface area contributed by atoms with Crippen molar-refractivity contribution in [1.29, 1.82) is 0 Å². The number of para-hydroxylation sites is 1. The molecule has 0 aliphatic carbocycles. The maximum Gasteiger partial charge on any atom is 0.270 e. The van der Waals surface area contributed by atoms with Gasteiger partial charge in [-0.3, -0.25) is 19.8 Å². The molecule has 1 aliphatic heterocycles. The lowest BCUT2D eigenvalue weighted by Gasteiger charge is -2.29. The molecule has 2 heterocycles. The van der Waals surface area contributed by atoms with Crippen molar-refractivity contribution in [1.82, 2.24) is 9.88 Å². The number of hydrogen-bond acceptors (Lipinski definition) is 3. The second-order valence-corrected chi connectivity index (χ2v) is 9.24. The molecular formula is C28H29N3O2S. The van der Waals surface area contributed by atoms with Gasteiger partial charge < -0.3 is 4.57 Å². The summed E-state index contributed by atoms with van der Waals surface area (Å²) in [5.74, 6) is -0.548. The molecule has 0 saturated carbocycles. The van der Waals surface area contributed by atoms with Gasteiger partial charge in [0.2, 0.25) is 0 Å². The van der Waals surface area contributed by atoms with Crippen LogP contribution in [0.25, 0.3) is 11.8 Å². The smallest absolute Gasteiger partial charge is 0.270 e. The molecule has 5 nitrogen and oxygen atoms in total. The van der Waals surface area contributed by atoms with Crippen molar-refractivity contribution >= 4 is 40.9 Å². The monoisotopic (exact) mass is 471 g/mol. The Balaban J connectivity index is 1.76. The van der Waals surface area contributed by atoms with Gasteiger partial charge in [0.1, 0.15) is 5.57 Å². The van der Waals surface area contributed by atoms with Gasteiger partial charge in [0.25, 0.3) is 11.8 Å². The maximum absolute atomic E-state index is 13.4. The van der Waals surface area contributed by atoms with Crippen LogP contribution in [0.1, 0.15) is 54.8 Å². The SMILES string of the molecule is CCc1ccc(N2C(=O)C(=Cc3cc(C)n(-c4ccccc4C(C)C)c3C)C(=O)NC2=S)cc1. The molecule has 0 spiro atoms. The van der Waals surface area contributed by atoms with Crippen molar-refractivity contribution in [2.24, 2.45) is 0 Å². The fourth-order valence-corrected chi connectivity index (χ4v) is 4.69. The van der Waals surface area contributed by atoms with Gasteiger partial charge in [0, 0.05) is 17.1 Å². The van der Waals surface area contributed by atoms with Crippen LogP contribution in [0.5, 0.6) is 0 Å². The normalized spacial score (nSPS) is 15.4. The van der Waals surface area contributed by atoms with Gasteiger partial charge in [-0.15, -0.1) is 0 Å². The lowest BCUT2D eigenvalue weighted by atomic mass is 10.0. The molecule has 1 N–H and O–H groups in total. The number of amides is 2. The zero-order chi connectivity index (χ0) is 24.6. The molecule has 0 radical (unpaired) electrons. The first-order valence-electron chi connectivity index (χ1n) is 11.5. The van der Waals surface area contributed by atoms with E-state index in [1.54, 1.807) is 6.08 Å². The minimum Gasteiger partial charge on any atom is -0.318 e. The fraction of sp³-hybridized carbons (Fsp3) is 0.250. The summed E-state index contributed by atoms with van der Waals surface area (Å²) in [5, 5.41) is 2.77. The van der Waals surface area contributed by atoms with E-state index in [0.717, 1.165) is 34.6 Å². The van der Waals surface area contributed by atoms with Crippen molar-refractivity contribution in [3.63, 3.8) is 0 Å². The quantitative estimate of drug-likeness (QED) is 0.299. The number of thiocarbonyl (C=S) groups is 1. The standard InChI is InChI=1S/C28H29N3O2S/c1-6-20-11-13-22(14-12-20)31-27(33)24(26(32)29-28(31)34)16-21-15-18(4)30(19(21)5)25-10-8-7-9-23(25)17(2)3/h7-17H,6H2,1-5H3,(H,29,32,34). The van der Waals surface area contributed by atoms with Gasteiger partial charge in [0.05, 0.1) is 5.69 Å². The zero-order valence-electron chi connectivity index (χ0n) is 20.2. The Morgan fingerprint density at radius 1 is 1.03 bits per heavy atom. The highest BCUT2D eigenvalue weighted by Crippen LogP contribution is 2.30. The van der Waals surface area contributed by atoms with Crippen LogP contribution in [0.4, 0.5) is 5.69 Å². The predicted molar refractivity (Wildman–Crippen MR) is 141 cm³/mol. The van der Waals surface area contributed by atoms with Crippen molar-refractivity contribution in [3.05, 3.63) is 88.2 Å². The van der Waals surface area contributed by atoms with Crippen LogP contribution in [0.3, 0.4) is 0 Å². The summed E-state index contributed by atoms with van der Waals surface area (Å²) in [6.07, 6.45) is 2.57. The summed E-state index contributed by atoms with van der Waals surface area (Å²) in [7, 11) is 0. The number of carbonyl (C=O) groups is 2. The summed E-state index contributed by atoms with van der Waals surface area (Å²) >= 11 is 5.34. The molecule has 2 aromatic carbocycles. The Morgan fingerprint density at radius 2 is 1.71 bits per heavy atom. The minimum atomic E-state index is -0.483. The maximum atomic E-state index is 13.4. The molecule has 1 saturated heterocycles. The highest BCUT2D eigenvalue weighted by Gasteiger charge is 2.34. The second kappa shape index (κ2) is 9.39. The molecule has 174 valence electrons. The molecule has 0 bridgehead atoms. The molecule has 1 aliphatic rings. The fourth-order valence-electron chi connectivity index (χ4n) is 4.41. The van der Waals surface area contributed by atoms with Gasteiger partial charge in [-0.1, -0.05) is 51.1 Å². The minimum absolute atomic E-state index is 0.0607. The van der Waals surface area contributed by atoms with Crippen molar-refractivity contribution in [3.8, 4) is 5.69 Å². The Kier molecular flexibility index (Phi) is 6.53. The number of aromatic nitrogens is 1. The summed E-state index contributed by atoms with van der Waals surface area (Å²) in [6.45, 7) is 10.5. The average molecular weight is 472 g/mol. The topological polar surface area (TPSA) is 54.3 Å². The molecular weight excluding hydrogens is 442 g/mol. The number of nitrogens with one attached hydrogen (secondary N) is 1. The highest BCUT2D eigenvalue weighted by atomic mass is 32.1. The summed E-state index contributed by atoms with van der Waals surface area (Å²) < 4.78 is 2.18. The molecule has 1 aromatic heterocycles. The molecule has 0 unspecified atom stereocenters. The largest absolute Gasteiger partial charge is 0.318 e. The highest BCUT2D eigenvalue weighted by molar-refractivity contribution is 7.80. The Morgan fingerprint density at radius 3 is 2.35 bits per heavy atom. The van der Waals surface area contributed by atoms with Crippen molar-refractivity contribution < 1.29 is 9.59 Å². The molecule has 4 rings (SSSR count). The number of benzene rings is 2. The van der Waals surface area contributed by atoms with E-state index in [0.29, 0.717) is 11.6 Å². The van der Waals surface area contributed by atoms with Gasteiger partial charge in [-0.25, -0.2) is 0 Å². The third-order valence-corrected chi connectivity index (χ3v) is 6.56. The lowest BCUT2D eigenvalue weighted by Crippen LogP contribution is -2.54. The van der Waals surface area contributed by atoms with Crippen molar-refractivity contribution in [2.45, 2.75) is 47.0 Å². The zero-order valence-corrected chi connectivity index (χ0v) is 21.0. The first-order chi connectivity index (χ1) is 16.2. The van der Waals surface area contributed by atoms with Gasteiger partial charge in [-0.2, -0.15) is 0 Å². The van der Waals surface area contributed by atoms with Crippen LogP contribution in [-0.4, -0.2) is 21.5 Å². The first-order valence-corrected chi connectivity index (χ1v) is 11.9. The van der Waals surface area contributed by atoms with E-state index < -0.39 is 11.8 Å². The van der Waals surface area contributed by atoms with Gasteiger partial charge in [-0.05, 0) is 85.4 Å². The van der Waals surface area contributed by atoms with Gasteiger partial charge in [0.15, 0.2) is 5.11 Å².